The zero-order valence-corrected chi connectivity index (χ0v) is 19.0. The van der Waals surface area contributed by atoms with Crippen LogP contribution >= 0.6 is 0 Å². The van der Waals surface area contributed by atoms with Crippen LogP contribution in [0.15, 0.2) is 23.3 Å². The minimum atomic E-state index is -0.338. The van der Waals surface area contributed by atoms with Crippen LogP contribution in [0.5, 0.6) is 0 Å². The van der Waals surface area contributed by atoms with E-state index >= 15 is 0 Å². The van der Waals surface area contributed by atoms with E-state index in [1.165, 1.54) is 31.3 Å². The fourth-order valence-electron chi connectivity index (χ4n) is 8.48. The van der Waals surface area contributed by atoms with Crippen LogP contribution in [0.1, 0.15) is 79.1 Å². The SMILES string of the molecule is CC1(C)CCC2CCC3C(C(=O)C=C4C5(C)C=C(C#N)C(=O)CC5CCC43C)C2C1. The van der Waals surface area contributed by atoms with E-state index in [-0.39, 0.29) is 28.4 Å². The molecule has 3 saturated carbocycles. The summed E-state index contributed by atoms with van der Waals surface area (Å²) >= 11 is 0. The lowest BCUT2D eigenvalue weighted by atomic mass is 9.42. The second-order valence-corrected chi connectivity index (χ2v) is 12.2. The summed E-state index contributed by atoms with van der Waals surface area (Å²) in [5.74, 6) is 2.36. The molecule has 0 amide bonds. The van der Waals surface area contributed by atoms with Crippen molar-refractivity contribution in [2.45, 2.75) is 79.1 Å². The van der Waals surface area contributed by atoms with E-state index in [2.05, 4.69) is 33.8 Å². The Balaban J connectivity index is 1.60. The predicted octanol–water partition coefficient (Wildman–Crippen LogP) is 5.81. The van der Waals surface area contributed by atoms with Crippen LogP contribution < -0.4 is 0 Å². The molecule has 30 heavy (non-hydrogen) atoms. The number of nitriles is 1. The van der Waals surface area contributed by atoms with Gasteiger partial charge in [0, 0.05) is 17.8 Å². The highest BCUT2D eigenvalue weighted by Gasteiger charge is 2.60. The quantitative estimate of drug-likeness (QED) is 0.511. The number of carbonyl (C=O) groups excluding carboxylic acids is 2. The Kier molecular flexibility index (Phi) is 4.32. The van der Waals surface area contributed by atoms with Crippen molar-refractivity contribution < 1.29 is 9.59 Å². The average molecular weight is 406 g/mol. The largest absolute Gasteiger partial charge is 0.295 e. The summed E-state index contributed by atoms with van der Waals surface area (Å²) in [7, 11) is 0. The van der Waals surface area contributed by atoms with Gasteiger partial charge in [-0.2, -0.15) is 5.26 Å². The minimum absolute atomic E-state index is 0.00778. The first-order chi connectivity index (χ1) is 14.1. The zero-order chi connectivity index (χ0) is 21.5. The molecule has 0 N–H and O–H groups in total. The van der Waals surface area contributed by atoms with Crippen molar-refractivity contribution in [1.29, 1.82) is 5.26 Å². The van der Waals surface area contributed by atoms with Gasteiger partial charge in [0.1, 0.15) is 6.07 Å². The van der Waals surface area contributed by atoms with Crippen molar-refractivity contribution in [3.63, 3.8) is 0 Å². The number of ketones is 2. The van der Waals surface area contributed by atoms with Gasteiger partial charge >= 0.3 is 0 Å². The molecular weight excluding hydrogens is 370 g/mol. The highest BCUT2D eigenvalue weighted by Crippen LogP contribution is 2.66. The lowest BCUT2D eigenvalue weighted by Gasteiger charge is -2.61. The number of hydrogen-bond acceptors (Lipinski definition) is 3. The standard InChI is InChI=1S/C27H35NO2/c1-25(2)9-7-16-5-6-20-24(19(16)14-25)22(30)12-23-26(20,3)10-8-18-11-21(29)17(15-28)13-27(18,23)4/h12-13,16,18-20,24H,5-11,14H2,1-4H3. The van der Waals surface area contributed by atoms with Crippen LogP contribution in [0.25, 0.3) is 0 Å². The smallest absolute Gasteiger partial charge is 0.173 e. The van der Waals surface area contributed by atoms with E-state index in [1.807, 2.05) is 12.2 Å². The third-order valence-corrected chi connectivity index (χ3v) is 10.1. The molecule has 0 radical (unpaired) electrons. The molecule has 7 atom stereocenters. The molecule has 3 nitrogen and oxygen atoms in total. The molecule has 7 unspecified atom stereocenters. The van der Waals surface area contributed by atoms with Gasteiger partial charge in [0.05, 0.1) is 5.57 Å². The fourth-order valence-corrected chi connectivity index (χ4v) is 8.48. The van der Waals surface area contributed by atoms with E-state index in [0.717, 1.165) is 19.3 Å². The van der Waals surface area contributed by atoms with E-state index in [1.54, 1.807) is 0 Å². The lowest BCUT2D eigenvalue weighted by molar-refractivity contribution is -0.135. The van der Waals surface area contributed by atoms with Crippen molar-refractivity contribution in [2.24, 2.45) is 45.8 Å². The highest BCUT2D eigenvalue weighted by atomic mass is 16.1. The summed E-state index contributed by atoms with van der Waals surface area (Å²) in [6.45, 7) is 9.34. The van der Waals surface area contributed by atoms with E-state index in [9.17, 15) is 14.9 Å². The molecule has 160 valence electrons. The van der Waals surface area contributed by atoms with Gasteiger partial charge in [-0.25, -0.2) is 0 Å². The molecule has 0 aromatic rings. The maximum Gasteiger partial charge on any atom is 0.173 e. The number of allylic oxidation sites excluding steroid dienone is 4. The highest BCUT2D eigenvalue weighted by molar-refractivity contribution is 6.01. The Morgan fingerprint density at radius 2 is 1.80 bits per heavy atom. The van der Waals surface area contributed by atoms with E-state index in [4.69, 9.17) is 0 Å². The minimum Gasteiger partial charge on any atom is -0.295 e. The molecule has 5 aliphatic rings. The van der Waals surface area contributed by atoms with Crippen molar-refractivity contribution in [3.8, 4) is 6.07 Å². The Morgan fingerprint density at radius 3 is 2.53 bits per heavy atom. The molecule has 3 fully saturated rings. The fraction of sp³-hybridized carbons (Fsp3) is 0.741. The number of carbonyl (C=O) groups is 2. The van der Waals surface area contributed by atoms with Gasteiger partial charge < -0.3 is 0 Å². The van der Waals surface area contributed by atoms with Crippen LogP contribution in [0.4, 0.5) is 0 Å². The molecule has 0 aliphatic heterocycles. The van der Waals surface area contributed by atoms with Crippen LogP contribution in [-0.2, 0) is 9.59 Å². The third-order valence-electron chi connectivity index (χ3n) is 10.1. The van der Waals surface area contributed by atoms with Gasteiger partial charge in [0.2, 0.25) is 0 Å². The Hall–Kier alpha value is -1.69. The molecule has 0 aromatic carbocycles. The maximum atomic E-state index is 13.7. The molecule has 0 aromatic heterocycles. The van der Waals surface area contributed by atoms with Gasteiger partial charge in [0.25, 0.3) is 0 Å². The summed E-state index contributed by atoms with van der Waals surface area (Å²) in [4.78, 5) is 26.1. The van der Waals surface area contributed by atoms with Crippen molar-refractivity contribution in [2.75, 3.05) is 0 Å². The number of nitrogens with zero attached hydrogens (tertiary/aromatic N) is 1. The van der Waals surface area contributed by atoms with Gasteiger partial charge in [-0.05, 0) is 85.5 Å². The molecular formula is C27H35NO2. The first kappa shape index (κ1) is 20.2. The monoisotopic (exact) mass is 405 g/mol. The molecule has 5 rings (SSSR count). The summed E-state index contributed by atoms with van der Waals surface area (Å²) in [6, 6.07) is 2.13. The molecule has 5 aliphatic carbocycles. The van der Waals surface area contributed by atoms with Gasteiger partial charge in [0.15, 0.2) is 11.6 Å². The molecule has 0 heterocycles. The summed E-state index contributed by atoms with van der Waals surface area (Å²) in [5, 5.41) is 9.52. The molecule has 0 saturated heterocycles. The van der Waals surface area contributed by atoms with Crippen LogP contribution in [0.3, 0.4) is 0 Å². The van der Waals surface area contributed by atoms with Gasteiger partial charge in [-0.3, -0.25) is 9.59 Å². The van der Waals surface area contributed by atoms with Crippen LogP contribution in [0, 0.1) is 57.2 Å². The first-order valence-electron chi connectivity index (χ1n) is 12.0. The number of rotatable bonds is 0. The van der Waals surface area contributed by atoms with Gasteiger partial charge in [-0.1, -0.05) is 39.3 Å². The Bertz CT molecular complexity index is 918. The molecule has 0 spiro atoms. The van der Waals surface area contributed by atoms with Crippen LogP contribution in [0.2, 0.25) is 0 Å². The molecule has 0 bridgehead atoms. The Labute approximate surface area is 181 Å². The van der Waals surface area contributed by atoms with E-state index in [0.29, 0.717) is 40.9 Å². The zero-order valence-electron chi connectivity index (χ0n) is 19.0. The molecule has 3 heteroatoms. The van der Waals surface area contributed by atoms with Gasteiger partial charge in [-0.15, -0.1) is 0 Å². The number of hydrogen-bond donors (Lipinski definition) is 0. The van der Waals surface area contributed by atoms with E-state index < -0.39 is 0 Å². The normalized spacial score (nSPS) is 47.0. The topological polar surface area (TPSA) is 57.9 Å². The average Bonchev–Trinajstić information content (AvgIpc) is 2.69. The summed E-state index contributed by atoms with van der Waals surface area (Å²) in [6.07, 6.45) is 12.6. The number of fused-ring (bicyclic) bond motifs is 7. The first-order valence-corrected chi connectivity index (χ1v) is 12.0. The third kappa shape index (κ3) is 2.68. The van der Waals surface area contributed by atoms with Crippen molar-refractivity contribution in [3.05, 3.63) is 23.3 Å². The summed E-state index contributed by atoms with van der Waals surface area (Å²) < 4.78 is 0. The van der Waals surface area contributed by atoms with Crippen molar-refractivity contribution in [1.82, 2.24) is 0 Å². The van der Waals surface area contributed by atoms with Crippen molar-refractivity contribution >= 4 is 11.6 Å². The summed E-state index contributed by atoms with van der Waals surface area (Å²) in [5.41, 5.74) is 1.53. The lowest BCUT2D eigenvalue weighted by Crippen LogP contribution is -2.56. The Morgan fingerprint density at radius 1 is 1.03 bits per heavy atom. The maximum absolute atomic E-state index is 13.7. The second kappa shape index (κ2) is 6.41. The van der Waals surface area contributed by atoms with Crippen LogP contribution in [-0.4, -0.2) is 11.6 Å². The second-order valence-electron chi connectivity index (χ2n) is 12.2. The predicted molar refractivity (Wildman–Crippen MR) is 116 cm³/mol. The number of Topliss-reactive ketones (excluding diaryl/α,β-unsaturated/α-hetero) is 1.